The van der Waals surface area contributed by atoms with Crippen LogP contribution in [0.5, 0.6) is 0 Å². The monoisotopic (exact) mass is 219 g/mol. The molecule has 0 unspecified atom stereocenters. The SMILES string of the molecule is CCOC(=O)Cc1ccc(N)c(C#N)c1N. The van der Waals surface area contributed by atoms with E-state index in [1.165, 1.54) is 0 Å². The van der Waals surface area contributed by atoms with Gasteiger partial charge >= 0.3 is 5.97 Å². The maximum absolute atomic E-state index is 11.3. The molecular weight excluding hydrogens is 206 g/mol. The van der Waals surface area contributed by atoms with Crippen LogP contribution < -0.4 is 11.5 Å². The highest BCUT2D eigenvalue weighted by atomic mass is 16.5. The molecule has 5 heteroatoms. The van der Waals surface area contributed by atoms with E-state index in [0.29, 0.717) is 17.9 Å². The van der Waals surface area contributed by atoms with Crippen molar-refractivity contribution in [3.05, 3.63) is 23.3 Å². The van der Waals surface area contributed by atoms with Crippen LogP contribution in [0, 0.1) is 11.3 Å². The molecule has 1 aromatic carbocycles. The first-order valence-corrected chi connectivity index (χ1v) is 4.82. The molecule has 84 valence electrons. The molecule has 0 aliphatic heterocycles. The Bertz CT molecular complexity index is 449. The fourth-order valence-corrected chi connectivity index (χ4v) is 1.33. The van der Waals surface area contributed by atoms with E-state index >= 15 is 0 Å². The van der Waals surface area contributed by atoms with Crippen molar-refractivity contribution in [2.24, 2.45) is 0 Å². The number of esters is 1. The van der Waals surface area contributed by atoms with Crippen LogP contribution in [-0.2, 0) is 16.0 Å². The number of nitrogens with two attached hydrogens (primary N) is 2. The minimum Gasteiger partial charge on any atom is -0.466 e. The summed E-state index contributed by atoms with van der Waals surface area (Å²) >= 11 is 0. The first-order valence-electron chi connectivity index (χ1n) is 4.82. The van der Waals surface area contributed by atoms with Crippen molar-refractivity contribution in [1.29, 1.82) is 5.26 Å². The molecule has 0 bridgehead atoms. The Labute approximate surface area is 93.6 Å². The van der Waals surface area contributed by atoms with Gasteiger partial charge in [0.1, 0.15) is 6.07 Å². The van der Waals surface area contributed by atoms with Crippen LogP contribution >= 0.6 is 0 Å². The van der Waals surface area contributed by atoms with Crippen LogP contribution in [0.15, 0.2) is 12.1 Å². The van der Waals surface area contributed by atoms with Crippen LogP contribution in [0.3, 0.4) is 0 Å². The zero-order chi connectivity index (χ0) is 12.1. The third-order valence-electron chi connectivity index (χ3n) is 2.12. The second-order valence-electron chi connectivity index (χ2n) is 3.20. The molecule has 0 heterocycles. The van der Waals surface area contributed by atoms with Gasteiger partial charge in [0.05, 0.1) is 30.0 Å². The summed E-state index contributed by atoms with van der Waals surface area (Å²) in [6.07, 6.45) is 0.0502. The quantitative estimate of drug-likeness (QED) is 0.579. The van der Waals surface area contributed by atoms with Crippen LogP contribution in [0.25, 0.3) is 0 Å². The molecule has 1 rings (SSSR count). The van der Waals surface area contributed by atoms with Gasteiger partial charge in [-0.1, -0.05) is 6.07 Å². The Balaban J connectivity index is 2.99. The molecule has 0 saturated heterocycles. The highest BCUT2D eigenvalue weighted by Gasteiger charge is 2.12. The standard InChI is InChI=1S/C11H13N3O2/c1-2-16-10(15)5-7-3-4-9(13)8(6-12)11(7)14/h3-4H,2,5,13-14H2,1H3. The van der Waals surface area contributed by atoms with Crippen LogP contribution in [-0.4, -0.2) is 12.6 Å². The Morgan fingerprint density at radius 3 is 2.75 bits per heavy atom. The summed E-state index contributed by atoms with van der Waals surface area (Å²) in [5.41, 5.74) is 12.6. The lowest BCUT2D eigenvalue weighted by Crippen LogP contribution is -2.10. The van der Waals surface area contributed by atoms with Gasteiger partial charge in [-0.2, -0.15) is 5.26 Å². The number of nitriles is 1. The molecule has 0 radical (unpaired) electrons. The van der Waals surface area contributed by atoms with Crippen molar-refractivity contribution >= 4 is 17.3 Å². The third kappa shape index (κ3) is 2.42. The summed E-state index contributed by atoms with van der Waals surface area (Å²) in [7, 11) is 0. The number of anilines is 2. The third-order valence-corrected chi connectivity index (χ3v) is 2.12. The lowest BCUT2D eigenvalue weighted by atomic mass is 10.0. The zero-order valence-electron chi connectivity index (χ0n) is 8.99. The Kier molecular flexibility index (Phi) is 3.72. The van der Waals surface area contributed by atoms with E-state index in [2.05, 4.69) is 0 Å². The number of rotatable bonds is 3. The molecule has 16 heavy (non-hydrogen) atoms. The van der Waals surface area contributed by atoms with E-state index < -0.39 is 0 Å². The maximum Gasteiger partial charge on any atom is 0.310 e. The summed E-state index contributed by atoms with van der Waals surface area (Å²) < 4.78 is 4.80. The number of hydrogen-bond donors (Lipinski definition) is 2. The van der Waals surface area contributed by atoms with Crippen molar-refractivity contribution in [3.8, 4) is 6.07 Å². The summed E-state index contributed by atoms with van der Waals surface area (Å²) in [6.45, 7) is 2.05. The van der Waals surface area contributed by atoms with E-state index in [-0.39, 0.29) is 23.6 Å². The number of nitrogen functional groups attached to an aromatic ring is 2. The van der Waals surface area contributed by atoms with E-state index in [1.54, 1.807) is 19.1 Å². The van der Waals surface area contributed by atoms with Crippen LogP contribution in [0.2, 0.25) is 0 Å². The molecule has 0 atom stereocenters. The Morgan fingerprint density at radius 2 is 2.19 bits per heavy atom. The van der Waals surface area contributed by atoms with Gasteiger partial charge in [0, 0.05) is 0 Å². The number of hydrogen-bond acceptors (Lipinski definition) is 5. The highest BCUT2D eigenvalue weighted by Crippen LogP contribution is 2.23. The van der Waals surface area contributed by atoms with Crippen molar-refractivity contribution in [2.75, 3.05) is 18.1 Å². The summed E-state index contributed by atoms with van der Waals surface area (Å²) in [5, 5.41) is 8.84. The van der Waals surface area contributed by atoms with Crippen molar-refractivity contribution in [3.63, 3.8) is 0 Å². The molecule has 5 nitrogen and oxygen atoms in total. The maximum atomic E-state index is 11.3. The average Bonchev–Trinajstić information content (AvgIpc) is 2.23. The lowest BCUT2D eigenvalue weighted by molar-refractivity contribution is -0.142. The largest absolute Gasteiger partial charge is 0.466 e. The van der Waals surface area contributed by atoms with Crippen molar-refractivity contribution < 1.29 is 9.53 Å². The molecule has 0 saturated carbocycles. The van der Waals surface area contributed by atoms with Gasteiger partial charge in [-0.25, -0.2) is 0 Å². The molecule has 0 fully saturated rings. The molecule has 0 aromatic heterocycles. The smallest absolute Gasteiger partial charge is 0.310 e. The number of ether oxygens (including phenoxy) is 1. The van der Waals surface area contributed by atoms with Crippen LogP contribution in [0.4, 0.5) is 11.4 Å². The molecule has 0 aliphatic rings. The molecule has 0 amide bonds. The van der Waals surface area contributed by atoms with E-state index in [0.717, 1.165) is 0 Å². The predicted molar refractivity (Wildman–Crippen MR) is 60.3 cm³/mol. The molecular formula is C11H13N3O2. The van der Waals surface area contributed by atoms with Crippen LogP contribution in [0.1, 0.15) is 18.1 Å². The lowest BCUT2D eigenvalue weighted by Gasteiger charge is -2.08. The second-order valence-corrected chi connectivity index (χ2v) is 3.20. The molecule has 0 aliphatic carbocycles. The van der Waals surface area contributed by atoms with Gasteiger partial charge < -0.3 is 16.2 Å². The van der Waals surface area contributed by atoms with Gasteiger partial charge in [0.2, 0.25) is 0 Å². The number of nitrogens with zero attached hydrogens (tertiary/aromatic N) is 1. The van der Waals surface area contributed by atoms with Gasteiger partial charge in [-0.3, -0.25) is 4.79 Å². The second kappa shape index (κ2) is 5.03. The summed E-state index contributed by atoms with van der Waals surface area (Å²) in [6, 6.07) is 5.09. The molecule has 1 aromatic rings. The molecule has 0 spiro atoms. The number of benzene rings is 1. The molecule has 4 N–H and O–H groups in total. The van der Waals surface area contributed by atoms with Gasteiger partial charge in [0.15, 0.2) is 0 Å². The van der Waals surface area contributed by atoms with E-state index in [9.17, 15) is 4.79 Å². The van der Waals surface area contributed by atoms with E-state index in [1.807, 2.05) is 6.07 Å². The first kappa shape index (κ1) is 11.9. The summed E-state index contributed by atoms with van der Waals surface area (Å²) in [4.78, 5) is 11.3. The number of carbonyl (C=O) groups is 1. The zero-order valence-corrected chi connectivity index (χ0v) is 8.99. The van der Waals surface area contributed by atoms with E-state index in [4.69, 9.17) is 21.5 Å². The van der Waals surface area contributed by atoms with Crippen molar-refractivity contribution in [2.45, 2.75) is 13.3 Å². The predicted octanol–water partition coefficient (Wildman–Crippen LogP) is 0.828. The Morgan fingerprint density at radius 1 is 1.50 bits per heavy atom. The normalized spacial score (nSPS) is 9.50. The number of carbonyl (C=O) groups excluding carboxylic acids is 1. The fourth-order valence-electron chi connectivity index (χ4n) is 1.33. The van der Waals surface area contributed by atoms with Gasteiger partial charge in [0.25, 0.3) is 0 Å². The van der Waals surface area contributed by atoms with Gasteiger partial charge in [-0.15, -0.1) is 0 Å². The average molecular weight is 219 g/mol. The Hall–Kier alpha value is -2.22. The minimum absolute atomic E-state index is 0.0502. The first-order chi connectivity index (χ1) is 7.60. The minimum atomic E-state index is -0.372. The fraction of sp³-hybridized carbons (Fsp3) is 0.273. The van der Waals surface area contributed by atoms with Crippen molar-refractivity contribution in [1.82, 2.24) is 0 Å². The highest BCUT2D eigenvalue weighted by molar-refractivity contribution is 5.78. The van der Waals surface area contributed by atoms with Gasteiger partial charge in [-0.05, 0) is 18.6 Å². The summed E-state index contributed by atoms with van der Waals surface area (Å²) in [5.74, 6) is -0.372. The topological polar surface area (TPSA) is 102 Å².